The molecule has 1 aliphatic rings. The van der Waals surface area contributed by atoms with Crippen molar-refractivity contribution in [3.8, 4) is 0 Å². The van der Waals surface area contributed by atoms with Crippen LogP contribution in [0.25, 0.3) is 0 Å². The summed E-state index contributed by atoms with van der Waals surface area (Å²) in [5.41, 5.74) is 0. The summed E-state index contributed by atoms with van der Waals surface area (Å²) in [6.07, 6.45) is 0. The molecule has 0 radical (unpaired) electrons. The number of nitrogens with zero attached hydrogens (tertiary/aromatic N) is 1. The van der Waals surface area contributed by atoms with Gasteiger partial charge in [0, 0.05) is 0 Å². The Morgan fingerprint density at radius 1 is 1.44 bits per heavy atom. The van der Waals surface area contributed by atoms with Crippen molar-refractivity contribution in [2.24, 2.45) is 0 Å². The Morgan fingerprint density at radius 2 is 2.11 bits per heavy atom. The summed E-state index contributed by atoms with van der Waals surface area (Å²) in [6, 6.07) is 2.15. The SMILES string of the molecule is CC1C(=O)NC(=O)CN1S(=O)(=O)c1ccc(Br)s1. The number of carbonyl (C=O) groups is 2. The minimum atomic E-state index is -3.82. The summed E-state index contributed by atoms with van der Waals surface area (Å²) < 4.78 is 26.2. The summed E-state index contributed by atoms with van der Waals surface area (Å²) in [5.74, 6) is -1.22. The molecule has 0 bridgehead atoms. The van der Waals surface area contributed by atoms with Gasteiger partial charge in [0.25, 0.3) is 10.0 Å². The number of hydrogen-bond donors (Lipinski definition) is 1. The average molecular weight is 353 g/mol. The monoisotopic (exact) mass is 352 g/mol. The summed E-state index contributed by atoms with van der Waals surface area (Å²) in [6.45, 7) is 1.10. The van der Waals surface area contributed by atoms with E-state index in [1.165, 1.54) is 13.0 Å². The molecule has 1 aliphatic heterocycles. The second kappa shape index (κ2) is 4.72. The Bertz CT molecular complexity index is 610. The molecule has 1 unspecified atom stereocenters. The second-order valence-corrected chi connectivity index (χ2v) is 8.28. The van der Waals surface area contributed by atoms with Crippen LogP contribution in [0.3, 0.4) is 0 Å². The van der Waals surface area contributed by atoms with E-state index in [2.05, 4.69) is 21.2 Å². The maximum absolute atomic E-state index is 12.3. The van der Waals surface area contributed by atoms with Crippen LogP contribution < -0.4 is 5.32 Å². The highest BCUT2D eigenvalue weighted by molar-refractivity contribution is 9.11. The van der Waals surface area contributed by atoms with Crippen LogP contribution in [0, 0.1) is 0 Å². The minimum Gasteiger partial charge on any atom is -0.294 e. The molecule has 2 amide bonds. The van der Waals surface area contributed by atoms with E-state index >= 15 is 0 Å². The van der Waals surface area contributed by atoms with Gasteiger partial charge in [0.15, 0.2) is 0 Å². The van der Waals surface area contributed by atoms with Crippen LogP contribution >= 0.6 is 27.3 Å². The summed E-state index contributed by atoms with van der Waals surface area (Å²) >= 11 is 4.21. The largest absolute Gasteiger partial charge is 0.294 e. The highest BCUT2D eigenvalue weighted by Crippen LogP contribution is 2.29. The zero-order valence-corrected chi connectivity index (χ0v) is 12.4. The Labute approximate surface area is 116 Å². The van der Waals surface area contributed by atoms with E-state index in [9.17, 15) is 18.0 Å². The van der Waals surface area contributed by atoms with Gasteiger partial charge in [-0.3, -0.25) is 14.9 Å². The molecule has 18 heavy (non-hydrogen) atoms. The van der Waals surface area contributed by atoms with Gasteiger partial charge in [-0.05, 0) is 35.0 Å². The lowest BCUT2D eigenvalue weighted by Crippen LogP contribution is -2.58. The van der Waals surface area contributed by atoms with Gasteiger partial charge in [-0.1, -0.05) is 0 Å². The third-order valence-corrected chi connectivity index (χ3v) is 6.49. The van der Waals surface area contributed by atoms with E-state index < -0.39 is 27.9 Å². The molecule has 98 valence electrons. The van der Waals surface area contributed by atoms with Gasteiger partial charge in [-0.15, -0.1) is 11.3 Å². The number of sulfonamides is 1. The average Bonchev–Trinajstić information content (AvgIpc) is 2.70. The molecule has 9 heteroatoms. The molecule has 1 aromatic rings. The van der Waals surface area contributed by atoms with Crippen molar-refractivity contribution in [3.63, 3.8) is 0 Å². The molecule has 1 N–H and O–H groups in total. The van der Waals surface area contributed by atoms with Gasteiger partial charge in [-0.25, -0.2) is 8.42 Å². The standard InChI is InChI=1S/C9H9BrN2O4S2/c1-5-9(14)11-7(13)4-12(5)18(15,16)8-3-2-6(10)17-8/h2-3,5H,4H2,1H3,(H,11,13,14). The third-order valence-electron chi connectivity index (χ3n) is 2.48. The summed E-state index contributed by atoms with van der Waals surface area (Å²) in [4.78, 5) is 22.7. The van der Waals surface area contributed by atoms with Crippen molar-refractivity contribution >= 4 is 49.1 Å². The van der Waals surface area contributed by atoms with E-state index in [1.807, 2.05) is 0 Å². The molecule has 0 aliphatic carbocycles. The van der Waals surface area contributed by atoms with E-state index in [1.54, 1.807) is 6.07 Å². The van der Waals surface area contributed by atoms with Crippen molar-refractivity contribution < 1.29 is 18.0 Å². The summed E-state index contributed by atoms with van der Waals surface area (Å²) in [7, 11) is -3.82. The predicted molar refractivity (Wildman–Crippen MR) is 68.5 cm³/mol. The molecule has 1 atom stereocenters. The first-order chi connectivity index (χ1) is 8.32. The molecule has 2 heterocycles. The van der Waals surface area contributed by atoms with Crippen LogP contribution in [-0.4, -0.2) is 37.1 Å². The topological polar surface area (TPSA) is 83.6 Å². The molecule has 1 aromatic heterocycles. The van der Waals surface area contributed by atoms with Crippen LogP contribution in [-0.2, 0) is 19.6 Å². The lowest BCUT2D eigenvalue weighted by atomic mass is 10.2. The van der Waals surface area contributed by atoms with Crippen molar-refractivity contribution in [1.82, 2.24) is 9.62 Å². The van der Waals surface area contributed by atoms with Crippen LogP contribution in [0.2, 0.25) is 0 Å². The van der Waals surface area contributed by atoms with Crippen LogP contribution in [0.5, 0.6) is 0 Å². The van der Waals surface area contributed by atoms with Crippen LogP contribution in [0.4, 0.5) is 0 Å². The lowest BCUT2D eigenvalue weighted by Gasteiger charge is -2.30. The highest BCUT2D eigenvalue weighted by Gasteiger charge is 2.39. The number of halogens is 1. The van der Waals surface area contributed by atoms with Crippen molar-refractivity contribution in [1.29, 1.82) is 0 Å². The maximum Gasteiger partial charge on any atom is 0.253 e. The quantitative estimate of drug-likeness (QED) is 0.787. The fourth-order valence-corrected chi connectivity index (χ4v) is 5.22. The second-order valence-electron chi connectivity index (χ2n) is 3.70. The minimum absolute atomic E-state index is 0.101. The molecule has 1 fully saturated rings. The van der Waals surface area contributed by atoms with Crippen LogP contribution in [0.15, 0.2) is 20.1 Å². The number of hydrogen-bond acceptors (Lipinski definition) is 5. The number of nitrogens with one attached hydrogen (secondary N) is 1. The molecule has 0 spiro atoms. The van der Waals surface area contributed by atoms with Gasteiger partial charge in [0.2, 0.25) is 11.8 Å². The molecule has 6 nitrogen and oxygen atoms in total. The molecule has 1 saturated heterocycles. The molecule has 0 saturated carbocycles. The smallest absolute Gasteiger partial charge is 0.253 e. The van der Waals surface area contributed by atoms with E-state index in [0.29, 0.717) is 3.79 Å². The fourth-order valence-electron chi connectivity index (χ4n) is 1.54. The molecule has 0 aromatic carbocycles. The zero-order chi connectivity index (χ0) is 13.5. The zero-order valence-electron chi connectivity index (χ0n) is 9.21. The van der Waals surface area contributed by atoms with Gasteiger partial charge < -0.3 is 0 Å². The van der Waals surface area contributed by atoms with Gasteiger partial charge >= 0.3 is 0 Å². The molecule has 2 rings (SSSR count). The maximum atomic E-state index is 12.3. The first-order valence-electron chi connectivity index (χ1n) is 4.93. The lowest BCUT2D eigenvalue weighted by molar-refractivity contribution is -0.136. The van der Waals surface area contributed by atoms with Crippen molar-refractivity contribution in [3.05, 3.63) is 15.9 Å². The number of amides is 2. The van der Waals surface area contributed by atoms with Gasteiger partial charge in [0.1, 0.15) is 10.3 Å². The van der Waals surface area contributed by atoms with Gasteiger partial charge in [0.05, 0.1) is 10.3 Å². The summed E-state index contributed by atoms with van der Waals surface area (Å²) in [5, 5.41) is 2.10. The Kier molecular flexibility index (Phi) is 3.58. The van der Waals surface area contributed by atoms with Gasteiger partial charge in [-0.2, -0.15) is 4.31 Å². The van der Waals surface area contributed by atoms with E-state index in [0.717, 1.165) is 15.6 Å². The number of piperazine rings is 1. The Balaban J connectivity index is 2.40. The fraction of sp³-hybridized carbons (Fsp3) is 0.333. The Morgan fingerprint density at radius 3 is 2.67 bits per heavy atom. The Hall–Kier alpha value is -0.770. The third kappa shape index (κ3) is 2.35. The first kappa shape index (κ1) is 13.7. The number of rotatable bonds is 2. The molecular formula is C9H9BrN2O4S2. The van der Waals surface area contributed by atoms with Crippen molar-refractivity contribution in [2.75, 3.05) is 6.54 Å². The van der Waals surface area contributed by atoms with E-state index in [4.69, 9.17) is 0 Å². The normalized spacial score (nSPS) is 22.0. The van der Waals surface area contributed by atoms with Crippen molar-refractivity contribution in [2.45, 2.75) is 17.2 Å². The van der Waals surface area contributed by atoms with Crippen LogP contribution in [0.1, 0.15) is 6.92 Å². The number of carbonyl (C=O) groups excluding carboxylic acids is 2. The predicted octanol–water partition coefficient (Wildman–Crippen LogP) is 0.546. The highest BCUT2D eigenvalue weighted by atomic mass is 79.9. The first-order valence-corrected chi connectivity index (χ1v) is 7.98. The molecular weight excluding hydrogens is 344 g/mol. The number of thiophene rings is 1. The van der Waals surface area contributed by atoms with E-state index in [-0.39, 0.29) is 10.8 Å². The number of imide groups is 1.